The van der Waals surface area contributed by atoms with Crippen LogP contribution in [-0.4, -0.2) is 41.0 Å². The van der Waals surface area contributed by atoms with E-state index >= 15 is 0 Å². The van der Waals surface area contributed by atoms with Crippen LogP contribution in [0.4, 0.5) is 0 Å². The molecule has 2 aromatic heterocycles. The van der Waals surface area contributed by atoms with Crippen LogP contribution in [0.2, 0.25) is 0 Å². The second kappa shape index (κ2) is 7.58. The van der Waals surface area contributed by atoms with Crippen molar-refractivity contribution in [1.29, 1.82) is 0 Å². The average molecular weight is 394 g/mol. The minimum atomic E-state index is -0.847. The van der Waals surface area contributed by atoms with Crippen molar-refractivity contribution in [3.63, 3.8) is 0 Å². The van der Waals surface area contributed by atoms with Gasteiger partial charge in [-0.3, -0.25) is 9.20 Å². The van der Waals surface area contributed by atoms with Gasteiger partial charge in [-0.1, -0.05) is 18.2 Å². The second-order valence-corrected chi connectivity index (χ2v) is 6.88. The van der Waals surface area contributed by atoms with Gasteiger partial charge < -0.3 is 14.2 Å². The number of fused-ring (bicyclic) bond motifs is 2. The summed E-state index contributed by atoms with van der Waals surface area (Å²) < 4.78 is 18.1. The molecule has 0 aliphatic carbocycles. The third kappa shape index (κ3) is 3.22. The van der Waals surface area contributed by atoms with E-state index in [0.29, 0.717) is 35.1 Å². The number of aromatic nitrogens is 2. The first-order valence-corrected chi connectivity index (χ1v) is 9.52. The summed E-state index contributed by atoms with van der Waals surface area (Å²) in [6.07, 6.45) is 1.05. The molecule has 0 saturated carbocycles. The maximum Gasteiger partial charge on any atom is 0.347 e. The van der Waals surface area contributed by atoms with Crippen LogP contribution in [0.1, 0.15) is 41.0 Å². The molecule has 3 aromatic rings. The predicted molar refractivity (Wildman–Crippen MR) is 106 cm³/mol. The average Bonchev–Trinajstić information content (AvgIpc) is 3.25. The van der Waals surface area contributed by atoms with Gasteiger partial charge in [0, 0.05) is 24.1 Å². The van der Waals surface area contributed by atoms with Crippen LogP contribution in [0, 0.1) is 6.92 Å². The lowest BCUT2D eigenvalue weighted by Crippen LogP contribution is -2.31. The van der Waals surface area contributed by atoms with Gasteiger partial charge in [-0.2, -0.15) is 0 Å². The zero-order chi connectivity index (χ0) is 20.5. The summed E-state index contributed by atoms with van der Waals surface area (Å²) in [5.41, 5.74) is 2.53. The molecule has 0 radical (unpaired) electrons. The molecule has 3 heterocycles. The monoisotopic (exact) mass is 394 g/mol. The van der Waals surface area contributed by atoms with E-state index in [1.54, 1.807) is 23.6 Å². The first-order valence-electron chi connectivity index (χ1n) is 9.52. The standard InChI is InChI=1S/C22H22N2O5/c1-4-28-18-10-7-11-24-19(13(2)23-21(18)24)16(25)12-15-14-8-5-6-9-17(14)29-20(15)22(26)27-3/h5-11,15,20H,4,12H2,1-3H3/t15-,20-/m1/s1. The molecule has 150 valence electrons. The predicted octanol–water partition coefficient (Wildman–Crippen LogP) is 3.33. The number of hydrogen-bond acceptors (Lipinski definition) is 6. The molecule has 0 spiro atoms. The van der Waals surface area contributed by atoms with Gasteiger partial charge in [-0.15, -0.1) is 0 Å². The molecule has 0 fully saturated rings. The lowest BCUT2D eigenvalue weighted by atomic mass is 9.89. The number of carbonyl (C=O) groups excluding carboxylic acids is 2. The van der Waals surface area contributed by atoms with Crippen LogP contribution in [0.3, 0.4) is 0 Å². The smallest absolute Gasteiger partial charge is 0.347 e. The Balaban J connectivity index is 1.71. The Bertz CT molecular complexity index is 1090. The highest BCUT2D eigenvalue weighted by molar-refractivity contribution is 5.98. The number of imidazole rings is 1. The SMILES string of the molecule is CCOc1cccn2c(C(=O)C[C@@H]3c4ccccc4O[C@H]3C(=O)OC)c(C)nc12. The summed E-state index contributed by atoms with van der Waals surface area (Å²) in [7, 11) is 1.32. The van der Waals surface area contributed by atoms with Crippen LogP contribution >= 0.6 is 0 Å². The van der Waals surface area contributed by atoms with E-state index in [1.807, 2.05) is 37.3 Å². The van der Waals surface area contributed by atoms with E-state index in [2.05, 4.69) is 4.98 Å². The Morgan fingerprint density at radius 1 is 1.21 bits per heavy atom. The summed E-state index contributed by atoms with van der Waals surface area (Å²) in [6, 6.07) is 11.0. The van der Waals surface area contributed by atoms with Gasteiger partial charge >= 0.3 is 5.97 Å². The van der Waals surface area contributed by atoms with Crippen molar-refractivity contribution < 1.29 is 23.8 Å². The van der Waals surface area contributed by atoms with Crippen LogP contribution in [-0.2, 0) is 9.53 Å². The third-order valence-electron chi connectivity index (χ3n) is 5.13. The van der Waals surface area contributed by atoms with Crippen LogP contribution in [0.5, 0.6) is 11.5 Å². The number of aryl methyl sites for hydroxylation is 1. The molecule has 1 aromatic carbocycles. The molecule has 2 atom stereocenters. The maximum atomic E-state index is 13.3. The van der Waals surface area contributed by atoms with Crippen molar-refractivity contribution in [3.05, 3.63) is 59.5 Å². The van der Waals surface area contributed by atoms with Gasteiger partial charge in [-0.05, 0) is 32.0 Å². The number of ether oxygens (including phenoxy) is 3. The maximum absolute atomic E-state index is 13.3. The summed E-state index contributed by atoms with van der Waals surface area (Å²) in [4.78, 5) is 30.1. The number of esters is 1. The highest BCUT2D eigenvalue weighted by atomic mass is 16.6. The largest absolute Gasteiger partial charge is 0.490 e. The fourth-order valence-corrected chi connectivity index (χ4v) is 3.88. The number of methoxy groups -OCH3 is 1. The summed E-state index contributed by atoms with van der Waals surface area (Å²) >= 11 is 0. The van der Waals surface area contributed by atoms with Crippen molar-refractivity contribution >= 4 is 17.4 Å². The number of rotatable bonds is 6. The molecule has 7 heteroatoms. The molecule has 0 N–H and O–H groups in total. The third-order valence-corrected chi connectivity index (χ3v) is 5.13. The topological polar surface area (TPSA) is 79.1 Å². The van der Waals surface area contributed by atoms with Gasteiger partial charge in [0.15, 0.2) is 17.2 Å². The highest BCUT2D eigenvalue weighted by Crippen LogP contribution is 2.41. The lowest BCUT2D eigenvalue weighted by molar-refractivity contribution is -0.148. The summed E-state index contributed by atoms with van der Waals surface area (Å²) in [5, 5.41) is 0. The Hall–Kier alpha value is -3.35. The second-order valence-electron chi connectivity index (χ2n) is 6.88. The first kappa shape index (κ1) is 19.0. The number of benzene rings is 1. The van der Waals surface area contributed by atoms with Crippen molar-refractivity contribution in [2.45, 2.75) is 32.3 Å². The Morgan fingerprint density at radius 2 is 2.00 bits per heavy atom. The zero-order valence-corrected chi connectivity index (χ0v) is 16.5. The number of ketones is 1. The minimum absolute atomic E-state index is 0.101. The van der Waals surface area contributed by atoms with Crippen molar-refractivity contribution in [2.24, 2.45) is 0 Å². The molecule has 1 aliphatic rings. The Labute approximate surface area is 168 Å². The molecule has 0 amide bonds. The van der Waals surface area contributed by atoms with Gasteiger partial charge in [0.25, 0.3) is 0 Å². The Morgan fingerprint density at radius 3 is 2.76 bits per heavy atom. The van der Waals surface area contributed by atoms with Gasteiger partial charge in [0.1, 0.15) is 11.4 Å². The molecular formula is C22H22N2O5. The normalized spacial score (nSPS) is 17.6. The molecule has 1 aliphatic heterocycles. The van der Waals surface area contributed by atoms with Crippen LogP contribution in [0.25, 0.3) is 5.65 Å². The molecule has 4 rings (SSSR count). The van der Waals surface area contributed by atoms with Gasteiger partial charge in [0.2, 0.25) is 6.10 Å². The fraction of sp³-hybridized carbons (Fsp3) is 0.318. The van der Waals surface area contributed by atoms with E-state index in [0.717, 1.165) is 5.56 Å². The number of pyridine rings is 1. The number of para-hydroxylation sites is 1. The van der Waals surface area contributed by atoms with E-state index in [-0.39, 0.29) is 12.2 Å². The first-order chi connectivity index (χ1) is 14.0. The molecule has 29 heavy (non-hydrogen) atoms. The summed E-state index contributed by atoms with van der Waals surface area (Å²) in [5.74, 6) is 0.190. The number of nitrogens with zero attached hydrogens (tertiary/aromatic N) is 2. The molecule has 0 saturated heterocycles. The number of hydrogen-bond donors (Lipinski definition) is 0. The Kier molecular flexibility index (Phi) is 4.96. The van der Waals surface area contributed by atoms with Crippen LogP contribution < -0.4 is 9.47 Å². The van der Waals surface area contributed by atoms with E-state index in [4.69, 9.17) is 14.2 Å². The van der Waals surface area contributed by atoms with Gasteiger partial charge in [-0.25, -0.2) is 9.78 Å². The molecule has 0 bridgehead atoms. The van der Waals surface area contributed by atoms with E-state index in [9.17, 15) is 9.59 Å². The lowest BCUT2D eigenvalue weighted by Gasteiger charge is -2.16. The fourth-order valence-electron chi connectivity index (χ4n) is 3.88. The number of carbonyl (C=O) groups is 2. The minimum Gasteiger partial charge on any atom is -0.490 e. The molecular weight excluding hydrogens is 372 g/mol. The summed E-state index contributed by atoms with van der Waals surface area (Å²) in [6.45, 7) is 4.20. The van der Waals surface area contributed by atoms with Crippen molar-refractivity contribution in [3.8, 4) is 11.5 Å². The molecule has 0 unspecified atom stereocenters. The zero-order valence-electron chi connectivity index (χ0n) is 16.5. The van der Waals surface area contributed by atoms with Crippen LogP contribution in [0.15, 0.2) is 42.6 Å². The van der Waals surface area contributed by atoms with Crippen molar-refractivity contribution in [2.75, 3.05) is 13.7 Å². The molecule has 7 nitrogen and oxygen atoms in total. The van der Waals surface area contributed by atoms with Crippen molar-refractivity contribution in [1.82, 2.24) is 9.38 Å². The van der Waals surface area contributed by atoms with E-state index < -0.39 is 18.0 Å². The quantitative estimate of drug-likeness (QED) is 0.471. The van der Waals surface area contributed by atoms with E-state index in [1.165, 1.54) is 7.11 Å². The van der Waals surface area contributed by atoms with Gasteiger partial charge in [0.05, 0.1) is 19.4 Å². The number of Topliss-reactive ketones (excluding diaryl/α,β-unsaturated/α-hetero) is 1. The highest BCUT2D eigenvalue weighted by Gasteiger charge is 2.41.